The van der Waals surface area contributed by atoms with E-state index in [1.807, 2.05) is 18.5 Å². The number of hydrogen-bond acceptors (Lipinski definition) is 3. The third-order valence-corrected chi connectivity index (χ3v) is 2.84. The quantitative estimate of drug-likeness (QED) is 0.820. The zero-order chi connectivity index (χ0) is 11.7. The summed E-state index contributed by atoms with van der Waals surface area (Å²) in [6.45, 7) is 4.99. The van der Waals surface area contributed by atoms with Gasteiger partial charge in [0.25, 0.3) is 0 Å². The first-order valence-corrected chi connectivity index (χ1v) is 5.72. The van der Waals surface area contributed by atoms with Crippen LogP contribution in [0.25, 0.3) is 0 Å². The zero-order valence-corrected chi connectivity index (χ0v) is 9.68. The third-order valence-electron chi connectivity index (χ3n) is 2.84. The van der Waals surface area contributed by atoms with Gasteiger partial charge in [-0.25, -0.2) is 4.68 Å². The average molecular weight is 223 g/mol. The summed E-state index contributed by atoms with van der Waals surface area (Å²) in [5.41, 5.74) is 1.59. The standard InChI is InChI=1S/C11H17N3O2/c1-7(2)11-9(5-10(15)16)12-13-14(11)6-8-3-4-8/h7-8H,3-6H2,1-2H3,(H,15,16). The Morgan fingerprint density at radius 1 is 1.56 bits per heavy atom. The Morgan fingerprint density at radius 3 is 2.75 bits per heavy atom. The topological polar surface area (TPSA) is 68.0 Å². The van der Waals surface area contributed by atoms with Gasteiger partial charge in [0, 0.05) is 6.54 Å². The van der Waals surface area contributed by atoms with Crippen LogP contribution in [0, 0.1) is 5.92 Å². The van der Waals surface area contributed by atoms with Gasteiger partial charge in [-0.1, -0.05) is 19.1 Å². The molecule has 0 spiro atoms. The van der Waals surface area contributed by atoms with E-state index < -0.39 is 5.97 Å². The Kier molecular flexibility index (Phi) is 2.94. The van der Waals surface area contributed by atoms with E-state index in [9.17, 15) is 4.79 Å². The second-order valence-electron chi connectivity index (χ2n) is 4.77. The van der Waals surface area contributed by atoms with Crippen molar-refractivity contribution in [2.24, 2.45) is 5.92 Å². The van der Waals surface area contributed by atoms with E-state index in [1.165, 1.54) is 12.8 Å². The van der Waals surface area contributed by atoms with Gasteiger partial charge in [-0.15, -0.1) is 5.10 Å². The Labute approximate surface area is 94.5 Å². The number of carboxylic acids is 1. The average Bonchev–Trinajstić information content (AvgIpc) is 2.87. The number of carboxylic acid groups (broad SMARTS) is 1. The lowest BCUT2D eigenvalue weighted by Crippen LogP contribution is -2.10. The monoisotopic (exact) mass is 223 g/mol. The predicted octanol–water partition coefficient (Wildman–Crippen LogP) is 1.44. The molecule has 0 amide bonds. The Balaban J connectivity index is 2.22. The Morgan fingerprint density at radius 2 is 2.25 bits per heavy atom. The molecule has 1 aliphatic rings. The fraction of sp³-hybridized carbons (Fsp3) is 0.727. The molecule has 0 bridgehead atoms. The van der Waals surface area contributed by atoms with E-state index >= 15 is 0 Å². The lowest BCUT2D eigenvalue weighted by molar-refractivity contribution is -0.136. The van der Waals surface area contributed by atoms with Crippen molar-refractivity contribution in [3.8, 4) is 0 Å². The maximum atomic E-state index is 10.7. The van der Waals surface area contributed by atoms with Crippen LogP contribution >= 0.6 is 0 Å². The van der Waals surface area contributed by atoms with E-state index in [2.05, 4.69) is 10.3 Å². The zero-order valence-electron chi connectivity index (χ0n) is 9.68. The van der Waals surface area contributed by atoms with E-state index in [4.69, 9.17) is 5.11 Å². The van der Waals surface area contributed by atoms with Crippen molar-refractivity contribution in [3.63, 3.8) is 0 Å². The summed E-state index contributed by atoms with van der Waals surface area (Å²) in [6, 6.07) is 0. The summed E-state index contributed by atoms with van der Waals surface area (Å²) in [5, 5.41) is 16.9. The Bertz CT molecular complexity index is 394. The molecule has 1 fully saturated rings. The maximum absolute atomic E-state index is 10.7. The highest BCUT2D eigenvalue weighted by Gasteiger charge is 2.25. The molecule has 0 aromatic carbocycles. The first kappa shape index (κ1) is 11.1. The van der Waals surface area contributed by atoms with Gasteiger partial charge < -0.3 is 5.11 Å². The van der Waals surface area contributed by atoms with Crippen LogP contribution < -0.4 is 0 Å². The molecule has 0 radical (unpaired) electrons. The highest BCUT2D eigenvalue weighted by Crippen LogP contribution is 2.31. The lowest BCUT2D eigenvalue weighted by Gasteiger charge is -2.09. The van der Waals surface area contributed by atoms with Crippen LogP contribution in [-0.4, -0.2) is 26.1 Å². The molecule has 0 saturated heterocycles. The summed E-state index contributed by atoms with van der Waals surface area (Å²) >= 11 is 0. The van der Waals surface area contributed by atoms with Gasteiger partial charge in [0.15, 0.2) is 0 Å². The fourth-order valence-electron chi connectivity index (χ4n) is 1.94. The smallest absolute Gasteiger partial charge is 0.309 e. The molecule has 1 aromatic heterocycles. The fourth-order valence-corrected chi connectivity index (χ4v) is 1.94. The number of carbonyl (C=O) groups is 1. The van der Waals surface area contributed by atoms with Gasteiger partial charge in [-0.2, -0.15) is 0 Å². The Hall–Kier alpha value is -1.39. The van der Waals surface area contributed by atoms with Crippen molar-refractivity contribution < 1.29 is 9.90 Å². The van der Waals surface area contributed by atoms with E-state index in [1.54, 1.807) is 0 Å². The van der Waals surface area contributed by atoms with E-state index in [0.29, 0.717) is 5.69 Å². The minimum absolute atomic E-state index is 0.0296. The highest BCUT2D eigenvalue weighted by molar-refractivity contribution is 5.69. The molecule has 88 valence electrons. The summed E-state index contributed by atoms with van der Waals surface area (Å²) in [5.74, 6) is 0.139. The molecule has 0 atom stereocenters. The molecule has 1 saturated carbocycles. The van der Waals surface area contributed by atoms with Gasteiger partial charge in [-0.05, 0) is 24.7 Å². The number of nitrogens with zero attached hydrogens (tertiary/aromatic N) is 3. The minimum Gasteiger partial charge on any atom is -0.481 e. The summed E-state index contributed by atoms with van der Waals surface area (Å²) < 4.78 is 1.89. The number of aromatic nitrogens is 3. The second-order valence-corrected chi connectivity index (χ2v) is 4.77. The van der Waals surface area contributed by atoms with E-state index in [0.717, 1.165) is 18.2 Å². The van der Waals surface area contributed by atoms with Gasteiger partial charge in [0.05, 0.1) is 17.8 Å². The van der Waals surface area contributed by atoms with E-state index in [-0.39, 0.29) is 12.3 Å². The molecular formula is C11H17N3O2. The molecule has 16 heavy (non-hydrogen) atoms. The van der Waals surface area contributed by atoms with Crippen LogP contribution in [0.2, 0.25) is 0 Å². The molecule has 1 N–H and O–H groups in total. The van der Waals surface area contributed by atoms with Crippen LogP contribution in [0.1, 0.15) is 44.0 Å². The number of hydrogen-bond donors (Lipinski definition) is 1. The molecule has 1 aliphatic carbocycles. The number of rotatable bonds is 5. The third kappa shape index (κ3) is 2.40. The normalized spacial score (nSPS) is 15.7. The predicted molar refractivity (Wildman–Crippen MR) is 58.2 cm³/mol. The van der Waals surface area contributed by atoms with Crippen LogP contribution in [0.15, 0.2) is 0 Å². The van der Waals surface area contributed by atoms with Crippen LogP contribution in [0.4, 0.5) is 0 Å². The lowest BCUT2D eigenvalue weighted by atomic mass is 10.1. The van der Waals surface area contributed by atoms with Crippen LogP contribution in [0.3, 0.4) is 0 Å². The molecule has 0 unspecified atom stereocenters. The SMILES string of the molecule is CC(C)c1c(CC(=O)O)nnn1CC1CC1. The van der Waals surface area contributed by atoms with Gasteiger partial charge in [-0.3, -0.25) is 4.79 Å². The summed E-state index contributed by atoms with van der Waals surface area (Å²) in [7, 11) is 0. The highest BCUT2D eigenvalue weighted by atomic mass is 16.4. The molecule has 2 rings (SSSR count). The first-order valence-electron chi connectivity index (χ1n) is 5.72. The largest absolute Gasteiger partial charge is 0.481 e. The molecule has 1 aromatic rings. The van der Waals surface area contributed by atoms with Gasteiger partial charge >= 0.3 is 5.97 Å². The first-order chi connectivity index (χ1) is 7.58. The van der Waals surface area contributed by atoms with Crippen molar-refractivity contribution >= 4 is 5.97 Å². The van der Waals surface area contributed by atoms with Crippen molar-refractivity contribution in [2.45, 2.75) is 45.6 Å². The number of aliphatic carboxylic acids is 1. The minimum atomic E-state index is -0.847. The van der Waals surface area contributed by atoms with Gasteiger partial charge in [0.2, 0.25) is 0 Å². The van der Waals surface area contributed by atoms with Crippen molar-refractivity contribution in [3.05, 3.63) is 11.4 Å². The molecule has 1 heterocycles. The van der Waals surface area contributed by atoms with Crippen molar-refractivity contribution in [2.75, 3.05) is 0 Å². The second kappa shape index (κ2) is 4.23. The van der Waals surface area contributed by atoms with Crippen LogP contribution in [0.5, 0.6) is 0 Å². The van der Waals surface area contributed by atoms with Crippen LogP contribution in [-0.2, 0) is 17.8 Å². The molecule has 5 heteroatoms. The summed E-state index contributed by atoms with van der Waals surface area (Å²) in [4.78, 5) is 10.7. The molecule has 5 nitrogen and oxygen atoms in total. The van der Waals surface area contributed by atoms with Gasteiger partial charge in [0.1, 0.15) is 0 Å². The van der Waals surface area contributed by atoms with Crippen molar-refractivity contribution in [1.29, 1.82) is 0 Å². The molecule has 0 aliphatic heterocycles. The maximum Gasteiger partial charge on any atom is 0.309 e. The summed E-state index contributed by atoms with van der Waals surface area (Å²) in [6.07, 6.45) is 2.48. The van der Waals surface area contributed by atoms with Crippen molar-refractivity contribution in [1.82, 2.24) is 15.0 Å². The molecular weight excluding hydrogens is 206 g/mol.